The fourth-order valence-electron chi connectivity index (χ4n) is 1.24. The molecule has 0 bridgehead atoms. The minimum Gasteiger partial charge on any atom is -0.491 e. The molecule has 1 aromatic rings. The van der Waals surface area contributed by atoms with Gasteiger partial charge in [0.05, 0.1) is 6.61 Å². The molecule has 1 rings (SSSR count). The highest BCUT2D eigenvalue weighted by Gasteiger charge is 2.07. The molecule has 0 spiro atoms. The molecule has 0 saturated heterocycles. The topological polar surface area (TPSA) is 26.3 Å². The summed E-state index contributed by atoms with van der Waals surface area (Å²) >= 11 is 0. The van der Waals surface area contributed by atoms with Gasteiger partial charge < -0.3 is 4.74 Å². The highest BCUT2D eigenvalue weighted by atomic mass is 19.1. The fraction of sp³-hybridized carbons (Fsp3) is 0.462. The smallest absolute Gasteiger partial charge is 0.165 e. The number of carbonyl (C=O) groups is 1. The second-order valence-corrected chi connectivity index (χ2v) is 4.23. The van der Waals surface area contributed by atoms with Crippen LogP contribution in [0.25, 0.3) is 0 Å². The second kappa shape index (κ2) is 5.64. The van der Waals surface area contributed by atoms with Crippen LogP contribution in [0, 0.1) is 11.7 Å². The van der Waals surface area contributed by atoms with Crippen LogP contribution in [0.2, 0.25) is 0 Å². The number of hydrogen-bond donors (Lipinski definition) is 0. The van der Waals surface area contributed by atoms with Crippen molar-refractivity contribution < 1.29 is 13.9 Å². The Hall–Kier alpha value is -1.38. The zero-order valence-electron chi connectivity index (χ0n) is 9.92. The van der Waals surface area contributed by atoms with E-state index in [0.717, 1.165) is 6.42 Å². The monoisotopic (exact) mass is 224 g/mol. The molecule has 0 aromatic heterocycles. The van der Waals surface area contributed by atoms with E-state index in [4.69, 9.17) is 4.74 Å². The van der Waals surface area contributed by atoms with Gasteiger partial charge in [-0.2, -0.15) is 0 Å². The van der Waals surface area contributed by atoms with Crippen molar-refractivity contribution >= 4 is 5.78 Å². The Morgan fingerprint density at radius 1 is 1.44 bits per heavy atom. The van der Waals surface area contributed by atoms with E-state index in [1.165, 1.54) is 19.1 Å². The molecule has 0 aliphatic heterocycles. The van der Waals surface area contributed by atoms with Crippen LogP contribution in [-0.2, 0) is 0 Å². The van der Waals surface area contributed by atoms with Crippen LogP contribution in [0.1, 0.15) is 37.6 Å². The second-order valence-electron chi connectivity index (χ2n) is 4.23. The molecule has 3 heteroatoms. The molecule has 0 heterocycles. The minimum absolute atomic E-state index is 0.146. The summed E-state index contributed by atoms with van der Waals surface area (Å²) in [5, 5.41) is 0. The molecule has 0 saturated carbocycles. The summed E-state index contributed by atoms with van der Waals surface area (Å²) in [6, 6.07) is 4.30. The molecule has 0 radical (unpaired) electrons. The summed E-state index contributed by atoms with van der Waals surface area (Å²) in [7, 11) is 0. The first-order valence-corrected chi connectivity index (χ1v) is 5.44. The number of carbonyl (C=O) groups excluding carboxylic acids is 1. The summed E-state index contributed by atoms with van der Waals surface area (Å²) in [5.74, 6) is 0.120. The summed E-state index contributed by atoms with van der Waals surface area (Å²) in [4.78, 5) is 11.0. The molecular formula is C13H17FO2. The van der Waals surface area contributed by atoms with Crippen molar-refractivity contribution in [2.45, 2.75) is 27.2 Å². The van der Waals surface area contributed by atoms with Crippen LogP contribution < -0.4 is 4.74 Å². The van der Waals surface area contributed by atoms with Crippen molar-refractivity contribution in [3.8, 4) is 5.75 Å². The van der Waals surface area contributed by atoms with Gasteiger partial charge in [0.2, 0.25) is 0 Å². The lowest BCUT2D eigenvalue weighted by Gasteiger charge is -2.09. The van der Waals surface area contributed by atoms with Crippen molar-refractivity contribution in [1.29, 1.82) is 0 Å². The number of ketones is 1. The van der Waals surface area contributed by atoms with Crippen molar-refractivity contribution in [3.05, 3.63) is 29.6 Å². The van der Waals surface area contributed by atoms with Crippen LogP contribution in [-0.4, -0.2) is 12.4 Å². The van der Waals surface area contributed by atoms with E-state index >= 15 is 0 Å². The molecule has 88 valence electrons. The van der Waals surface area contributed by atoms with Gasteiger partial charge in [-0.25, -0.2) is 4.39 Å². The predicted molar refractivity (Wildman–Crippen MR) is 61.4 cm³/mol. The van der Waals surface area contributed by atoms with E-state index in [2.05, 4.69) is 13.8 Å². The van der Waals surface area contributed by atoms with E-state index in [1.54, 1.807) is 6.07 Å². The first-order valence-electron chi connectivity index (χ1n) is 5.44. The molecule has 1 aromatic carbocycles. The molecule has 2 nitrogen and oxygen atoms in total. The average Bonchev–Trinajstić information content (AvgIpc) is 2.19. The van der Waals surface area contributed by atoms with Crippen LogP contribution in [0.15, 0.2) is 18.2 Å². The SMILES string of the molecule is CC(=O)c1ccc(OCCC(C)C)c(F)c1. The van der Waals surface area contributed by atoms with Gasteiger partial charge in [-0.3, -0.25) is 4.79 Å². The van der Waals surface area contributed by atoms with E-state index in [-0.39, 0.29) is 11.5 Å². The number of rotatable bonds is 5. The summed E-state index contributed by atoms with van der Waals surface area (Å²) in [5.41, 5.74) is 0.369. The van der Waals surface area contributed by atoms with E-state index in [9.17, 15) is 9.18 Å². The molecule has 0 N–H and O–H groups in total. The Kier molecular flexibility index (Phi) is 4.47. The van der Waals surface area contributed by atoms with Crippen molar-refractivity contribution in [1.82, 2.24) is 0 Å². The molecule has 0 amide bonds. The first kappa shape index (κ1) is 12.7. The van der Waals surface area contributed by atoms with Crippen LogP contribution in [0.5, 0.6) is 5.75 Å². The largest absolute Gasteiger partial charge is 0.491 e. The molecule has 16 heavy (non-hydrogen) atoms. The van der Waals surface area contributed by atoms with Gasteiger partial charge in [0, 0.05) is 5.56 Å². The first-order chi connectivity index (χ1) is 7.50. The number of benzene rings is 1. The van der Waals surface area contributed by atoms with Crippen LogP contribution >= 0.6 is 0 Å². The van der Waals surface area contributed by atoms with Gasteiger partial charge in [0.15, 0.2) is 17.3 Å². The minimum atomic E-state index is -0.476. The van der Waals surface area contributed by atoms with Gasteiger partial charge in [-0.05, 0) is 37.5 Å². The lowest BCUT2D eigenvalue weighted by atomic mass is 10.1. The van der Waals surface area contributed by atoms with Crippen LogP contribution in [0.4, 0.5) is 4.39 Å². The van der Waals surface area contributed by atoms with Crippen molar-refractivity contribution in [2.75, 3.05) is 6.61 Å². The highest BCUT2D eigenvalue weighted by Crippen LogP contribution is 2.19. The number of hydrogen-bond acceptors (Lipinski definition) is 2. The van der Waals surface area contributed by atoms with Crippen LogP contribution in [0.3, 0.4) is 0 Å². The predicted octanol–water partition coefficient (Wildman–Crippen LogP) is 3.45. The average molecular weight is 224 g/mol. The molecule has 0 fully saturated rings. The normalized spacial score (nSPS) is 10.6. The van der Waals surface area contributed by atoms with Gasteiger partial charge in [0.25, 0.3) is 0 Å². The highest BCUT2D eigenvalue weighted by molar-refractivity contribution is 5.94. The fourth-order valence-corrected chi connectivity index (χ4v) is 1.24. The third-order valence-corrected chi connectivity index (χ3v) is 2.29. The van der Waals surface area contributed by atoms with Gasteiger partial charge in [0.1, 0.15) is 0 Å². The zero-order valence-corrected chi connectivity index (χ0v) is 9.92. The molecule has 0 aliphatic carbocycles. The number of halogens is 1. The Morgan fingerprint density at radius 3 is 2.62 bits per heavy atom. The lowest BCUT2D eigenvalue weighted by Crippen LogP contribution is -2.03. The van der Waals surface area contributed by atoms with Crippen molar-refractivity contribution in [2.24, 2.45) is 5.92 Å². The number of ether oxygens (including phenoxy) is 1. The Balaban J connectivity index is 2.64. The maximum atomic E-state index is 13.5. The lowest BCUT2D eigenvalue weighted by molar-refractivity contribution is 0.101. The third-order valence-electron chi connectivity index (χ3n) is 2.29. The molecular weight excluding hydrogens is 207 g/mol. The standard InChI is InChI=1S/C13H17FO2/c1-9(2)6-7-16-13-5-4-11(10(3)15)8-12(13)14/h4-5,8-9H,6-7H2,1-3H3. The Morgan fingerprint density at radius 2 is 2.12 bits per heavy atom. The van der Waals surface area contributed by atoms with Gasteiger partial charge in [-0.15, -0.1) is 0 Å². The maximum absolute atomic E-state index is 13.5. The number of Topliss-reactive ketones (excluding diaryl/α,β-unsaturated/α-hetero) is 1. The van der Waals surface area contributed by atoms with E-state index in [1.807, 2.05) is 0 Å². The quantitative estimate of drug-likeness (QED) is 0.716. The van der Waals surface area contributed by atoms with Gasteiger partial charge in [-0.1, -0.05) is 13.8 Å². The Labute approximate surface area is 95.4 Å². The van der Waals surface area contributed by atoms with E-state index in [0.29, 0.717) is 18.1 Å². The molecule has 0 aliphatic rings. The summed E-state index contributed by atoms with van der Waals surface area (Å²) < 4.78 is 18.8. The van der Waals surface area contributed by atoms with Gasteiger partial charge >= 0.3 is 0 Å². The molecule has 0 atom stereocenters. The van der Waals surface area contributed by atoms with E-state index < -0.39 is 5.82 Å². The summed E-state index contributed by atoms with van der Waals surface area (Å²) in [6.45, 7) is 6.07. The third kappa shape index (κ3) is 3.65. The molecule has 0 unspecified atom stereocenters. The zero-order chi connectivity index (χ0) is 12.1. The maximum Gasteiger partial charge on any atom is 0.165 e. The Bertz CT molecular complexity index is 372. The van der Waals surface area contributed by atoms with Crippen molar-refractivity contribution in [3.63, 3.8) is 0 Å². The summed E-state index contributed by atoms with van der Waals surface area (Å²) in [6.07, 6.45) is 0.883.